The summed E-state index contributed by atoms with van der Waals surface area (Å²) in [5.41, 5.74) is 4.10. The minimum atomic E-state index is 1.15. The quantitative estimate of drug-likeness (QED) is 0.675. The Kier molecular flexibility index (Phi) is 6.21. The molecule has 0 N–H and O–H groups in total. The molecule has 0 aliphatic rings. The van der Waals surface area contributed by atoms with E-state index in [1.807, 2.05) is 26.2 Å². The van der Waals surface area contributed by atoms with Crippen molar-refractivity contribution in [3.8, 4) is 0 Å². The second-order valence-corrected chi connectivity index (χ2v) is 2.99. The summed E-state index contributed by atoms with van der Waals surface area (Å²) < 4.78 is 0. The average Bonchev–Trinajstić information content (AvgIpc) is 2.17. The Hall–Kier alpha value is -0.850. The Morgan fingerprint density at radius 2 is 1.77 bits per heavy atom. The van der Waals surface area contributed by atoms with Crippen LogP contribution in [0.1, 0.15) is 43.9 Å². The summed E-state index contributed by atoms with van der Waals surface area (Å²) >= 11 is 0. The van der Waals surface area contributed by atoms with Gasteiger partial charge in [-0.2, -0.15) is 0 Å². The molecule has 0 amide bonds. The van der Waals surface area contributed by atoms with Crippen LogP contribution in [-0.4, -0.2) is 4.98 Å². The molecule has 0 fully saturated rings. The lowest BCUT2D eigenvalue weighted by molar-refractivity contribution is 0.899. The van der Waals surface area contributed by atoms with Crippen molar-refractivity contribution >= 4 is 0 Å². The molecule has 1 heteroatoms. The fraction of sp³-hybridized carbons (Fsp3) is 0.583. The molecular weight excluding hydrogens is 158 g/mol. The van der Waals surface area contributed by atoms with Gasteiger partial charge in [-0.15, -0.1) is 0 Å². The second-order valence-electron chi connectivity index (χ2n) is 2.99. The molecule has 1 heterocycles. The van der Waals surface area contributed by atoms with Crippen LogP contribution in [0.25, 0.3) is 0 Å². The van der Waals surface area contributed by atoms with Crippen LogP contribution in [0.2, 0.25) is 0 Å². The van der Waals surface area contributed by atoms with Gasteiger partial charge in [0, 0.05) is 12.4 Å². The van der Waals surface area contributed by atoms with Gasteiger partial charge < -0.3 is 0 Å². The number of nitrogens with zero attached hydrogens (tertiary/aromatic N) is 1. The van der Waals surface area contributed by atoms with Crippen LogP contribution in [0.3, 0.4) is 0 Å². The Balaban J connectivity index is 0.000000671. The molecule has 0 radical (unpaired) electrons. The van der Waals surface area contributed by atoms with E-state index in [-0.39, 0.29) is 0 Å². The maximum atomic E-state index is 4.16. The topological polar surface area (TPSA) is 12.9 Å². The lowest BCUT2D eigenvalue weighted by Gasteiger charge is -2.05. The maximum absolute atomic E-state index is 4.16. The third-order valence-corrected chi connectivity index (χ3v) is 2.09. The fourth-order valence-corrected chi connectivity index (χ4v) is 1.21. The smallest absolute Gasteiger partial charge is 0.0302 e. The second kappa shape index (κ2) is 6.64. The lowest BCUT2D eigenvalue weighted by Crippen LogP contribution is -1.92. The molecule has 0 spiro atoms. The van der Waals surface area contributed by atoms with Gasteiger partial charge in [0.1, 0.15) is 0 Å². The Labute approximate surface area is 82.2 Å². The van der Waals surface area contributed by atoms with Crippen molar-refractivity contribution in [2.24, 2.45) is 0 Å². The summed E-state index contributed by atoms with van der Waals surface area (Å²) in [6, 6.07) is 0. The molecule has 0 bridgehead atoms. The van der Waals surface area contributed by atoms with E-state index < -0.39 is 0 Å². The van der Waals surface area contributed by atoms with Crippen molar-refractivity contribution in [3.63, 3.8) is 0 Å². The van der Waals surface area contributed by atoms with E-state index in [1.54, 1.807) is 0 Å². The monoisotopic (exact) mass is 179 g/mol. The first kappa shape index (κ1) is 12.2. The molecule has 1 rings (SSSR count). The van der Waals surface area contributed by atoms with Crippen LogP contribution in [0.5, 0.6) is 0 Å². The van der Waals surface area contributed by atoms with Crippen LogP contribution in [0, 0.1) is 13.8 Å². The highest BCUT2D eigenvalue weighted by Crippen LogP contribution is 2.11. The predicted octanol–water partition coefficient (Wildman–Crippen LogP) is 3.68. The van der Waals surface area contributed by atoms with Gasteiger partial charge >= 0.3 is 0 Å². The molecule has 1 nitrogen and oxygen atoms in total. The number of hydrogen-bond acceptors (Lipinski definition) is 1. The zero-order valence-electron chi connectivity index (χ0n) is 9.52. The summed E-state index contributed by atoms with van der Waals surface area (Å²) in [6.45, 7) is 10.5. The number of pyridine rings is 1. The Bertz CT molecular complexity index is 241. The molecule has 13 heavy (non-hydrogen) atoms. The molecule has 0 atom stereocenters. The van der Waals surface area contributed by atoms with E-state index in [0.29, 0.717) is 0 Å². The highest BCUT2D eigenvalue weighted by molar-refractivity contribution is 5.29. The summed E-state index contributed by atoms with van der Waals surface area (Å²) in [4.78, 5) is 4.16. The van der Waals surface area contributed by atoms with Gasteiger partial charge in [-0.05, 0) is 37.0 Å². The van der Waals surface area contributed by atoms with Gasteiger partial charge in [-0.1, -0.05) is 27.2 Å². The normalized spacial score (nSPS) is 9.00. The van der Waals surface area contributed by atoms with Crippen molar-refractivity contribution < 1.29 is 0 Å². The molecule has 74 valence electrons. The SMILES string of the molecule is CC.CCCc1cncc(C)c1C. The van der Waals surface area contributed by atoms with E-state index >= 15 is 0 Å². The van der Waals surface area contributed by atoms with Crippen molar-refractivity contribution in [1.29, 1.82) is 0 Å². The van der Waals surface area contributed by atoms with Gasteiger partial charge in [0.05, 0.1) is 0 Å². The first-order valence-corrected chi connectivity index (χ1v) is 5.15. The Morgan fingerprint density at radius 3 is 2.31 bits per heavy atom. The van der Waals surface area contributed by atoms with E-state index in [0.717, 1.165) is 6.42 Å². The summed E-state index contributed by atoms with van der Waals surface area (Å²) in [5.74, 6) is 0. The Morgan fingerprint density at radius 1 is 1.15 bits per heavy atom. The highest BCUT2D eigenvalue weighted by atomic mass is 14.6. The molecule has 0 saturated carbocycles. The van der Waals surface area contributed by atoms with Gasteiger partial charge in [0.2, 0.25) is 0 Å². The van der Waals surface area contributed by atoms with E-state index in [9.17, 15) is 0 Å². The van der Waals surface area contributed by atoms with E-state index in [4.69, 9.17) is 0 Å². The first-order valence-electron chi connectivity index (χ1n) is 5.15. The van der Waals surface area contributed by atoms with Gasteiger partial charge in [-0.25, -0.2) is 0 Å². The molecule has 0 saturated heterocycles. The van der Waals surface area contributed by atoms with Gasteiger partial charge in [0.15, 0.2) is 0 Å². The average molecular weight is 179 g/mol. The van der Waals surface area contributed by atoms with Crippen LogP contribution < -0.4 is 0 Å². The number of aromatic nitrogens is 1. The maximum Gasteiger partial charge on any atom is 0.0302 e. The molecule has 0 aromatic carbocycles. The fourth-order valence-electron chi connectivity index (χ4n) is 1.21. The highest BCUT2D eigenvalue weighted by Gasteiger charge is 1.98. The van der Waals surface area contributed by atoms with Crippen molar-refractivity contribution in [3.05, 3.63) is 29.1 Å². The molecule has 1 aromatic heterocycles. The van der Waals surface area contributed by atoms with Gasteiger partial charge in [-0.3, -0.25) is 4.98 Å². The third-order valence-electron chi connectivity index (χ3n) is 2.09. The molecule has 1 aromatic rings. The van der Waals surface area contributed by atoms with Crippen molar-refractivity contribution in [2.75, 3.05) is 0 Å². The zero-order chi connectivity index (χ0) is 10.3. The minimum Gasteiger partial charge on any atom is -0.264 e. The first-order chi connectivity index (χ1) is 6.25. The largest absolute Gasteiger partial charge is 0.264 e. The van der Waals surface area contributed by atoms with Crippen molar-refractivity contribution in [2.45, 2.75) is 47.5 Å². The third kappa shape index (κ3) is 3.58. The van der Waals surface area contributed by atoms with Crippen LogP contribution in [-0.2, 0) is 6.42 Å². The number of aryl methyl sites for hydroxylation is 2. The molecule has 0 unspecified atom stereocenters. The predicted molar refractivity (Wildman–Crippen MR) is 59.1 cm³/mol. The number of rotatable bonds is 2. The van der Waals surface area contributed by atoms with Gasteiger partial charge in [0.25, 0.3) is 0 Å². The lowest BCUT2D eigenvalue weighted by atomic mass is 10.0. The van der Waals surface area contributed by atoms with Crippen LogP contribution in [0.15, 0.2) is 12.4 Å². The molecule has 0 aliphatic carbocycles. The minimum absolute atomic E-state index is 1.15. The summed E-state index contributed by atoms with van der Waals surface area (Å²) in [5, 5.41) is 0. The summed E-state index contributed by atoms with van der Waals surface area (Å²) in [6.07, 6.45) is 6.26. The standard InChI is InChI=1S/C10H15N.C2H6/c1-4-5-10-7-11-6-8(2)9(10)3;1-2/h6-7H,4-5H2,1-3H3;1-2H3. The van der Waals surface area contributed by atoms with Crippen LogP contribution >= 0.6 is 0 Å². The molecule has 0 aliphatic heterocycles. The van der Waals surface area contributed by atoms with E-state index in [2.05, 4.69) is 25.8 Å². The van der Waals surface area contributed by atoms with Crippen LogP contribution in [0.4, 0.5) is 0 Å². The molecular formula is C12H21N. The van der Waals surface area contributed by atoms with E-state index in [1.165, 1.54) is 23.1 Å². The number of hydrogen-bond donors (Lipinski definition) is 0. The zero-order valence-corrected chi connectivity index (χ0v) is 9.52. The summed E-state index contributed by atoms with van der Waals surface area (Å²) in [7, 11) is 0. The van der Waals surface area contributed by atoms with Crippen molar-refractivity contribution in [1.82, 2.24) is 4.98 Å².